The topological polar surface area (TPSA) is 54.3 Å². The highest BCUT2D eigenvalue weighted by molar-refractivity contribution is 9.10. The smallest absolute Gasteiger partial charge is 0.258 e. The summed E-state index contributed by atoms with van der Waals surface area (Å²) in [6.07, 6.45) is 0.752. The van der Waals surface area contributed by atoms with Crippen LogP contribution in [0, 0.1) is 0 Å². The van der Waals surface area contributed by atoms with E-state index in [9.17, 15) is 4.79 Å². The standard InChI is InChI=1S/C19H16BrN3O2S/c1-25-15-8-4-12(5-9-15)16-10-17(13-2-6-14(20)7-3-13)23(22-16)19-21-18(24)11-26-19/h2-9,17H,10-11H2,1H3. The molecule has 0 fully saturated rings. The van der Waals surface area contributed by atoms with E-state index in [4.69, 9.17) is 9.84 Å². The van der Waals surface area contributed by atoms with Gasteiger partial charge in [0.15, 0.2) is 5.17 Å². The van der Waals surface area contributed by atoms with Crippen LogP contribution in [0.15, 0.2) is 63.1 Å². The molecule has 132 valence electrons. The Hall–Kier alpha value is -2.12. The van der Waals surface area contributed by atoms with Crippen LogP contribution in [0.1, 0.15) is 23.6 Å². The second-order valence-electron chi connectivity index (χ2n) is 5.97. The van der Waals surface area contributed by atoms with Gasteiger partial charge in [-0.15, -0.1) is 0 Å². The summed E-state index contributed by atoms with van der Waals surface area (Å²) < 4.78 is 6.27. The largest absolute Gasteiger partial charge is 0.497 e. The van der Waals surface area contributed by atoms with Crippen molar-refractivity contribution in [2.75, 3.05) is 12.9 Å². The zero-order valence-electron chi connectivity index (χ0n) is 14.1. The third kappa shape index (κ3) is 3.41. The van der Waals surface area contributed by atoms with Crippen LogP contribution >= 0.6 is 27.7 Å². The maximum atomic E-state index is 11.6. The number of methoxy groups -OCH3 is 1. The Kier molecular flexibility index (Phi) is 4.82. The number of thioether (sulfide) groups is 1. The summed E-state index contributed by atoms with van der Waals surface area (Å²) in [6.45, 7) is 0. The second kappa shape index (κ2) is 7.25. The molecule has 0 aromatic heterocycles. The van der Waals surface area contributed by atoms with Crippen molar-refractivity contribution in [2.45, 2.75) is 12.5 Å². The van der Waals surface area contributed by atoms with Crippen LogP contribution in [-0.2, 0) is 4.79 Å². The van der Waals surface area contributed by atoms with Gasteiger partial charge in [-0.25, -0.2) is 5.01 Å². The van der Waals surface area contributed by atoms with Gasteiger partial charge in [-0.05, 0) is 47.5 Å². The minimum absolute atomic E-state index is 0.0253. The van der Waals surface area contributed by atoms with Crippen LogP contribution in [0.2, 0.25) is 0 Å². The van der Waals surface area contributed by atoms with Crippen LogP contribution < -0.4 is 4.74 Å². The first-order valence-corrected chi connectivity index (χ1v) is 9.93. The second-order valence-corrected chi connectivity index (χ2v) is 7.83. The zero-order chi connectivity index (χ0) is 18.1. The first kappa shape index (κ1) is 17.3. The predicted octanol–water partition coefficient (Wildman–Crippen LogP) is 4.24. The summed E-state index contributed by atoms with van der Waals surface area (Å²) in [7, 11) is 1.65. The average molecular weight is 430 g/mol. The van der Waals surface area contributed by atoms with Crippen molar-refractivity contribution in [3.63, 3.8) is 0 Å². The van der Waals surface area contributed by atoms with Gasteiger partial charge in [0.1, 0.15) is 5.75 Å². The van der Waals surface area contributed by atoms with Gasteiger partial charge in [0, 0.05) is 10.9 Å². The number of hydrazone groups is 1. The molecule has 4 rings (SSSR count). The SMILES string of the molecule is COc1ccc(C2=NN(C3=NC(=O)CS3)C(c3ccc(Br)cc3)C2)cc1. The first-order valence-electron chi connectivity index (χ1n) is 8.15. The molecule has 1 amide bonds. The van der Waals surface area contributed by atoms with Crippen molar-refractivity contribution in [1.82, 2.24) is 5.01 Å². The molecule has 2 aliphatic heterocycles. The van der Waals surface area contributed by atoms with Crippen molar-refractivity contribution < 1.29 is 9.53 Å². The first-order chi connectivity index (χ1) is 12.6. The summed E-state index contributed by atoms with van der Waals surface area (Å²) in [5.41, 5.74) is 3.16. The minimum Gasteiger partial charge on any atom is -0.497 e. The molecule has 2 aromatic carbocycles. The van der Waals surface area contributed by atoms with E-state index in [1.165, 1.54) is 11.8 Å². The molecule has 7 heteroatoms. The predicted molar refractivity (Wildman–Crippen MR) is 108 cm³/mol. The molecule has 0 saturated heterocycles. The van der Waals surface area contributed by atoms with E-state index < -0.39 is 0 Å². The van der Waals surface area contributed by atoms with Gasteiger partial charge in [0.2, 0.25) is 0 Å². The van der Waals surface area contributed by atoms with Crippen molar-refractivity contribution in [3.05, 3.63) is 64.1 Å². The Labute approximate surface area is 164 Å². The maximum absolute atomic E-state index is 11.6. The van der Waals surface area contributed by atoms with Crippen LogP contribution in [-0.4, -0.2) is 34.7 Å². The number of ether oxygens (including phenoxy) is 1. The molecule has 0 aliphatic carbocycles. The van der Waals surface area contributed by atoms with Gasteiger partial charge in [0.25, 0.3) is 5.91 Å². The highest BCUT2D eigenvalue weighted by Crippen LogP contribution is 2.36. The Morgan fingerprint density at radius 3 is 2.50 bits per heavy atom. The Morgan fingerprint density at radius 1 is 1.15 bits per heavy atom. The highest BCUT2D eigenvalue weighted by atomic mass is 79.9. The molecule has 0 saturated carbocycles. The minimum atomic E-state index is -0.104. The van der Waals surface area contributed by atoms with Gasteiger partial charge < -0.3 is 4.74 Å². The number of hydrogen-bond donors (Lipinski definition) is 0. The number of amidine groups is 1. The number of hydrogen-bond acceptors (Lipinski definition) is 5. The lowest BCUT2D eigenvalue weighted by molar-refractivity contribution is -0.115. The average Bonchev–Trinajstić information content (AvgIpc) is 3.29. The number of rotatable bonds is 3. The summed E-state index contributed by atoms with van der Waals surface area (Å²) in [4.78, 5) is 15.8. The molecule has 5 nitrogen and oxygen atoms in total. The summed E-state index contributed by atoms with van der Waals surface area (Å²) in [5.74, 6) is 1.09. The molecule has 0 spiro atoms. The zero-order valence-corrected chi connectivity index (χ0v) is 16.5. The number of carbonyl (C=O) groups is 1. The lowest BCUT2D eigenvalue weighted by Gasteiger charge is -2.22. The Morgan fingerprint density at radius 2 is 1.88 bits per heavy atom. The van der Waals surface area contributed by atoms with E-state index in [0.29, 0.717) is 10.9 Å². The molecule has 0 N–H and O–H groups in total. The quantitative estimate of drug-likeness (QED) is 0.731. The number of halogens is 1. The Balaban J connectivity index is 1.69. The number of aliphatic imine (C=N–C) groups is 1. The molecule has 0 bridgehead atoms. The molecule has 2 heterocycles. The number of amides is 1. The molecular formula is C19H16BrN3O2S. The summed E-state index contributed by atoms with van der Waals surface area (Å²) in [6, 6.07) is 16.1. The Bertz CT molecular complexity index is 894. The van der Waals surface area contributed by atoms with E-state index in [-0.39, 0.29) is 11.9 Å². The van der Waals surface area contributed by atoms with Crippen molar-refractivity contribution in [3.8, 4) is 5.75 Å². The van der Waals surface area contributed by atoms with Gasteiger partial charge in [-0.3, -0.25) is 4.79 Å². The van der Waals surface area contributed by atoms with E-state index in [1.807, 2.05) is 41.4 Å². The molecule has 2 aromatic rings. The van der Waals surface area contributed by atoms with Crippen molar-refractivity contribution in [2.24, 2.45) is 10.1 Å². The maximum Gasteiger partial charge on any atom is 0.258 e. The number of nitrogens with zero attached hydrogens (tertiary/aromatic N) is 3. The van der Waals surface area contributed by atoms with Crippen LogP contribution in [0.3, 0.4) is 0 Å². The third-order valence-corrected chi connectivity index (χ3v) is 5.79. The van der Waals surface area contributed by atoms with Gasteiger partial charge in [-0.2, -0.15) is 10.1 Å². The molecule has 26 heavy (non-hydrogen) atoms. The highest BCUT2D eigenvalue weighted by Gasteiger charge is 2.34. The normalized spacial score (nSPS) is 19.5. The number of carbonyl (C=O) groups excluding carboxylic acids is 1. The number of benzene rings is 2. The molecule has 2 aliphatic rings. The van der Waals surface area contributed by atoms with Crippen LogP contribution in [0.5, 0.6) is 5.75 Å². The molecule has 0 radical (unpaired) electrons. The van der Waals surface area contributed by atoms with Crippen LogP contribution in [0.25, 0.3) is 0 Å². The lowest BCUT2D eigenvalue weighted by Crippen LogP contribution is -2.23. The summed E-state index contributed by atoms with van der Waals surface area (Å²) in [5, 5.41) is 7.36. The molecule has 1 atom stereocenters. The summed E-state index contributed by atoms with van der Waals surface area (Å²) >= 11 is 4.92. The van der Waals surface area contributed by atoms with E-state index in [2.05, 4.69) is 33.1 Å². The fourth-order valence-electron chi connectivity index (χ4n) is 3.00. The van der Waals surface area contributed by atoms with Gasteiger partial charge in [-0.1, -0.05) is 39.8 Å². The van der Waals surface area contributed by atoms with E-state index in [0.717, 1.165) is 33.5 Å². The fraction of sp³-hybridized carbons (Fsp3) is 0.211. The monoisotopic (exact) mass is 429 g/mol. The van der Waals surface area contributed by atoms with Crippen molar-refractivity contribution in [1.29, 1.82) is 0 Å². The van der Waals surface area contributed by atoms with E-state index >= 15 is 0 Å². The third-order valence-electron chi connectivity index (χ3n) is 4.33. The molecular weight excluding hydrogens is 414 g/mol. The lowest BCUT2D eigenvalue weighted by atomic mass is 9.98. The van der Waals surface area contributed by atoms with Crippen LogP contribution in [0.4, 0.5) is 0 Å². The molecule has 1 unspecified atom stereocenters. The van der Waals surface area contributed by atoms with Gasteiger partial charge in [0.05, 0.1) is 24.6 Å². The van der Waals surface area contributed by atoms with Crippen molar-refractivity contribution >= 4 is 44.5 Å². The van der Waals surface area contributed by atoms with E-state index in [1.54, 1.807) is 7.11 Å². The van der Waals surface area contributed by atoms with Gasteiger partial charge >= 0.3 is 0 Å². The fourth-order valence-corrected chi connectivity index (χ4v) is 4.05.